The fourth-order valence-electron chi connectivity index (χ4n) is 3.81. The van der Waals surface area contributed by atoms with Gasteiger partial charge in [0.15, 0.2) is 5.96 Å². The molecular formula is C24H35IN4O2. The number of rotatable bonds is 9. The number of hydrogen-bond acceptors (Lipinski definition) is 4. The number of guanidine groups is 1. The molecule has 0 radical (unpaired) electrons. The highest BCUT2D eigenvalue weighted by molar-refractivity contribution is 14.0. The Labute approximate surface area is 203 Å². The molecule has 0 aromatic heterocycles. The number of halogens is 1. The van der Waals surface area contributed by atoms with E-state index in [0.29, 0.717) is 5.92 Å². The molecule has 0 spiro atoms. The second-order valence-corrected chi connectivity index (χ2v) is 7.51. The van der Waals surface area contributed by atoms with Gasteiger partial charge in [0.05, 0.1) is 14.2 Å². The van der Waals surface area contributed by atoms with Crippen LogP contribution in [-0.2, 0) is 6.42 Å². The monoisotopic (exact) mass is 538 g/mol. The van der Waals surface area contributed by atoms with E-state index in [9.17, 15) is 0 Å². The topological polar surface area (TPSA) is 58.1 Å². The first-order valence-corrected chi connectivity index (χ1v) is 10.8. The molecule has 6 nitrogen and oxygen atoms in total. The Morgan fingerprint density at radius 3 is 2.71 bits per heavy atom. The van der Waals surface area contributed by atoms with E-state index in [1.165, 1.54) is 11.3 Å². The Kier molecular flexibility index (Phi) is 10.8. The Bertz CT molecular complexity index is 831. The normalized spacial score (nSPS) is 15.9. The van der Waals surface area contributed by atoms with Crippen molar-refractivity contribution in [2.24, 2.45) is 10.9 Å². The number of benzene rings is 2. The van der Waals surface area contributed by atoms with Crippen LogP contribution in [0.3, 0.4) is 0 Å². The van der Waals surface area contributed by atoms with Crippen LogP contribution >= 0.6 is 24.0 Å². The Morgan fingerprint density at radius 1 is 1.10 bits per heavy atom. The molecule has 1 heterocycles. The van der Waals surface area contributed by atoms with Gasteiger partial charge in [-0.25, -0.2) is 0 Å². The highest BCUT2D eigenvalue weighted by Crippen LogP contribution is 2.27. The standard InChI is InChI=1S/C24H34N4O2.HI/c1-4-25-24(26-14-12-20-8-5-6-11-23(20)30-3)27-17-19-13-15-28(18-19)21-9-7-10-22(16-21)29-2;/h5-11,16,19H,4,12-15,17-18H2,1-3H3,(H2,25,26,27);1H. The lowest BCUT2D eigenvalue weighted by Gasteiger charge is -2.19. The number of nitrogens with zero attached hydrogens (tertiary/aromatic N) is 2. The molecule has 7 heteroatoms. The minimum atomic E-state index is 0. The molecule has 31 heavy (non-hydrogen) atoms. The summed E-state index contributed by atoms with van der Waals surface area (Å²) >= 11 is 0. The van der Waals surface area contributed by atoms with Crippen LogP contribution in [0, 0.1) is 5.92 Å². The quantitative estimate of drug-likeness (QED) is 0.288. The van der Waals surface area contributed by atoms with Gasteiger partial charge >= 0.3 is 0 Å². The third-order valence-electron chi connectivity index (χ3n) is 5.44. The third kappa shape index (κ3) is 7.48. The molecule has 0 amide bonds. The predicted molar refractivity (Wildman–Crippen MR) is 139 cm³/mol. The van der Waals surface area contributed by atoms with Gasteiger partial charge in [-0.15, -0.1) is 24.0 Å². The molecule has 1 unspecified atom stereocenters. The van der Waals surface area contributed by atoms with Crippen molar-refractivity contribution in [3.63, 3.8) is 0 Å². The lowest BCUT2D eigenvalue weighted by Crippen LogP contribution is -2.38. The van der Waals surface area contributed by atoms with Crippen molar-refractivity contribution >= 4 is 35.6 Å². The van der Waals surface area contributed by atoms with Crippen LogP contribution in [0.4, 0.5) is 5.69 Å². The van der Waals surface area contributed by atoms with Crippen molar-refractivity contribution in [3.8, 4) is 11.5 Å². The maximum Gasteiger partial charge on any atom is 0.191 e. The summed E-state index contributed by atoms with van der Waals surface area (Å²) < 4.78 is 10.8. The van der Waals surface area contributed by atoms with Gasteiger partial charge in [0, 0.05) is 44.5 Å². The van der Waals surface area contributed by atoms with E-state index >= 15 is 0 Å². The SMILES string of the molecule is CCNC(=NCC1CCN(c2cccc(OC)c2)C1)NCCc1ccccc1OC.I. The highest BCUT2D eigenvalue weighted by Gasteiger charge is 2.22. The molecule has 1 saturated heterocycles. The molecular weight excluding hydrogens is 503 g/mol. The fourth-order valence-corrected chi connectivity index (χ4v) is 3.81. The van der Waals surface area contributed by atoms with Crippen molar-refractivity contribution in [1.29, 1.82) is 0 Å². The Morgan fingerprint density at radius 2 is 1.94 bits per heavy atom. The summed E-state index contributed by atoms with van der Waals surface area (Å²) in [5.41, 5.74) is 2.43. The molecule has 0 bridgehead atoms. The average Bonchev–Trinajstić information content (AvgIpc) is 3.27. The minimum absolute atomic E-state index is 0. The zero-order valence-corrected chi connectivity index (χ0v) is 21.1. The van der Waals surface area contributed by atoms with Gasteiger partial charge in [-0.2, -0.15) is 0 Å². The van der Waals surface area contributed by atoms with E-state index in [-0.39, 0.29) is 24.0 Å². The summed E-state index contributed by atoms with van der Waals surface area (Å²) in [7, 11) is 3.43. The molecule has 1 atom stereocenters. The molecule has 170 valence electrons. The summed E-state index contributed by atoms with van der Waals surface area (Å²) in [5.74, 6) is 3.28. The molecule has 2 N–H and O–H groups in total. The molecule has 1 fully saturated rings. The molecule has 3 rings (SSSR count). The third-order valence-corrected chi connectivity index (χ3v) is 5.44. The van der Waals surface area contributed by atoms with Crippen LogP contribution < -0.4 is 25.0 Å². The average molecular weight is 538 g/mol. The van der Waals surface area contributed by atoms with Crippen molar-refractivity contribution in [2.45, 2.75) is 19.8 Å². The smallest absolute Gasteiger partial charge is 0.191 e. The van der Waals surface area contributed by atoms with E-state index in [1.807, 2.05) is 24.3 Å². The van der Waals surface area contributed by atoms with E-state index in [4.69, 9.17) is 14.5 Å². The Hall–Kier alpha value is -2.16. The summed E-state index contributed by atoms with van der Waals surface area (Å²) in [6.45, 7) is 6.66. The van der Waals surface area contributed by atoms with Crippen molar-refractivity contribution in [1.82, 2.24) is 10.6 Å². The van der Waals surface area contributed by atoms with Crippen LogP contribution in [0.2, 0.25) is 0 Å². The van der Waals surface area contributed by atoms with E-state index in [0.717, 1.165) is 63.0 Å². The van der Waals surface area contributed by atoms with Gasteiger partial charge in [-0.3, -0.25) is 4.99 Å². The van der Waals surface area contributed by atoms with E-state index in [2.05, 4.69) is 46.7 Å². The Balaban J connectivity index is 0.00000341. The zero-order valence-electron chi connectivity index (χ0n) is 18.8. The fraction of sp³-hybridized carbons (Fsp3) is 0.458. The number of para-hydroxylation sites is 1. The number of nitrogens with one attached hydrogen (secondary N) is 2. The largest absolute Gasteiger partial charge is 0.497 e. The van der Waals surface area contributed by atoms with Crippen molar-refractivity contribution in [2.75, 3.05) is 51.8 Å². The summed E-state index contributed by atoms with van der Waals surface area (Å²) in [6.07, 6.45) is 2.04. The molecule has 1 aliphatic rings. The van der Waals surface area contributed by atoms with Crippen molar-refractivity contribution < 1.29 is 9.47 Å². The molecule has 2 aromatic carbocycles. The summed E-state index contributed by atoms with van der Waals surface area (Å²) in [5, 5.41) is 6.81. The van der Waals surface area contributed by atoms with Crippen LogP contribution in [-0.4, -0.2) is 52.9 Å². The number of aliphatic imine (C=N–C) groups is 1. The van der Waals surface area contributed by atoms with Crippen LogP contribution in [0.25, 0.3) is 0 Å². The lowest BCUT2D eigenvalue weighted by molar-refractivity contribution is 0.409. The van der Waals surface area contributed by atoms with E-state index < -0.39 is 0 Å². The molecule has 0 saturated carbocycles. The highest BCUT2D eigenvalue weighted by atomic mass is 127. The molecule has 1 aliphatic heterocycles. The number of methoxy groups -OCH3 is 2. The van der Waals surface area contributed by atoms with Gasteiger partial charge < -0.3 is 25.0 Å². The summed E-state index contributed by atoms with van der Waals surface area (Å²) in [6, 6.07) is 16.4. The van der Waals surface area contributed by atoms with Gasteiger partial charge in [0.1, 0.15) is 11.5 Å². The van der Waals surface area contributed by atoms with Crippen LogP contribution in [0.5, 0.6) is 11.5 Å². The first-order chi connectivity index (χ1) is 14.7. The summed E-state index contributed by atoms with van der Waals surface area (Å²) in [4.78, 5) is 7.26. The van der Waals surface area contributed by atoms with Gasteiger partial charge in [0.25, 0.3) is 0 Å². The maximum absolute atomic E-state index is 5.44. The second kappa shape index (κ2) is 13.3. The van der Waals surface area contributed by atoms with Crippen LogP contribution in [0.15, 0.2) is 53.5 Å². The first-order valence-electron chi connectivity index (χ1n) is 10.8. The molecule has 0 aliphatic carbocycles. The molecule has 2 aromatic rings. The number of hydrogen-bond donors (Lipinski definition) is 2. The maximum atomic E-state index is 5.44. The lowest BCUT2D eigenvalue weighted by atomic mass is 10.1. The van der Waals surface area contributed by atoms with Gasteiger partial charge in [-0.05, 0) is 49.4 Å². The van der Waals surface area contributed by atoms with Crippen LogP contribution in [0.1, 0.15) is 18.9 Å². The van der Waals surface area contributed by atoms with Gasteiger partial charge in [0.2, 0.25) is 0 Å². The first kappa shape index (κ1) is 25.1. The van der Waals surface area contributed by atoms with Crippen molar-refractivity contribution in [3.05, 3.63) is 54.1 Å². The van der Waals surface area contributed by atoms with Gasteiger partial charge in [-0.1, -0.05) is 24.3 Å². The number of ether oxygens (including phenoxy) is 2. The van der Waals surface area contributed by atoms with E-state index in [1.54, 1.807) is 14.2 Å². The predicted octanol–water partition coefficient (Wildman–Crippen LogP) is 3.95. The second-order valence-electron chi connectivity index (χ2n) is 7.51. The zero-order chi connectivity index (χ0) is 21.2. The number of anilines is 1. The minimum Gasteiger partial charge on any atom is -0.497 e.